The number of aromatic nitrogens is 1. The van der Waals surface area contributed by atoms with Crippen LogP contribution in [0.15, 0.2) is 42.6 Å². The monoisotopic (exact) mass is 269 g/mol. The molecule has 1 aliphatic heterocycles. The second-order valence-electron chi connectivity index (χ2n) is 4.62. The number of pyridine rings is 1. The molecular formula is C15H15N3S. The summed E-state index contributed by atoms with van der Waals surface area (Å²) in [6, 6.07) is 12.2. The van der Waals surface area contributed by atoms with E-state index in [0.717, 1.165) is 30.8 Å². The summed E-state index contributed by atoms with van der Waals surface area (Å²) in [7, 11) is 0. The van der Waals surface area contributed by atoms with Crippen LogP contribution >= 0.6 is 12.2 Å². The Labute approximate surface area is 118 Å². The number of para-hydroxylation sites is 1. The lowest BCUT2D eigenvalue weighted by molar-refractivity contribution is 0.759. The first-order valence-electron chi connectivity index (χ1n) is 6.37. The number of anilines is 2. The first kappa shape index (κ1) is 12.1. The van der Waals surface area contributed by atoms with Gasteiger partial charge in [0.2, 0.25) is 0 Å². The number of hydrogen-bond donors (Lipinski definition) is 1. The molecule has 19 heavy (non-hydrogen) atoms. The number of hydrogen-bond acceptors (Lipinski definition) is 3. The highest BCUT2D eigenvalue weighted by molar-refractivity contribution is 7.80. The van der Waals surface area contributed by atoms with Gasteiger partial charge < -0.3 is 10.6 Å². The van der Waals surface area contributed by atoms with Crippen molar-refractivity contribution in [3.63, 3.8) is 0 Å². The second kappa shape index (κ2) is 4.97. The van der Waals surface area contributed by atoms with Gasteiger partial charge in [-0.2, -0.15) is 0 Å². The molecule has 1 aliphatic rings. The smallest absolute Gasteiger partial charge is 0.143 e. The number of aryl methyl sites for hydroxylation is 1. The number of thiocarbonyl (C=S) groups is 1. The van der Waals surface area contributed by atoms with Gasteiger partial charge in [-0.25, -0.2) is 4.98 Å². The Kier molecular flexibility index (Phi) is 3.17. The number of nitrogens with two attached hydrogens (primary N) is 1. The van der Waals surface area contributed by atoms with Gasteiger partial charge in [0.15, 0.2) is 0 Å². The molecule has 0 saturated heterocycles. The van der Waals surface area contributed by atoms with Gasteiger partial charge in [0.25, 0.3) is 0 Å². The molecule has 4 heteroatoms. The molecule has 2 heterocycles. The summed E-state index contributed by atoms with van der Waals surface area (Å²) >= 11 is 5.13. The second-order valence-corrected chi connectivity index (χ2v) is 5.06. The van der Waals surface area contributed by atoms with Crippen LogP contribution in [0.4, 0.5) is 11.5 Å². The summed E-state index contributed by atoms with van der Waals surface area (Å²) in [5.74, 6) is 0.863. The number of fused-ring (bicyclic) bond motifs is 1. The fourth-order valence-electron chi connectivity index (χ4n) is 2.56. The maximum Gasteiger partial charge on any atom is 0.143 e. The summed E-state index contributed by atoms with van der Waals surface area (Å²) in [6.45, 7) is 0.948. The Morgan fingerprint density at radius 2 is 2.05 bits per heavy atom. The molecule has 1 aromatic carbocycles. The van der Waals surface area contributed by atoms with E-state index >= 15 is 0 Å². The molecule has 3 rings (SSSR count). The van der Waals surface area contributed by atoms with Crippen LogP contribution in [-0.2, 0) is 6.42 Å². The molecule has 0 unspecified atom stereocenters. The van der Waals surface area contributed by atoms with Crippen molar-refractivity contribution in [1.82, 2.24) is 4.98 Å². The van der Waals surface area contributed by atoms with Crippen LogP contribution < -0.4 is 10.6 Å². The van der Waals surface area contributed by atoms with E-state index in [2.05, 4.69) is 34.1 Å². The average Bonchev–Trinajstić information content (AvgIpc) is 2.46. The predicted molar refractivity (Wildman–Crippen MR) is 81.9 cm³/mol. The minimum atomic E-state index is 0.395. The molecule has 0 radical (unpaired) electrons. The zero-order valence-corrected chi connectivity index (χ0v) is 11.4. The third kappa shape index (κ3) is 2.19. The van der Waals surface area contributed by atoms with Gasteiger partial charge in [-0.3, -0.25) is 0 Å². The quantitative estimate of drug-likeness (QED) is 0.851. The van der Waals surface area contributed by atoms with Gasteiger partial charge in [0.05, 0.1) is 5.56 Å². The van der Waals surface area contributed by atoms with Crippen molar-refractivity contribution in [2.75, 3.05) is 11.4 Å². The van der Waals surface area contributed by atoms with Crippen LogP contribution in [0.25, 0.3) is 0 Å². The third-order valence-corrected chi connectivity index (χ3v) is 3.64. The van der Waals surface area contributed by atoms with Crippen LogP contribution in [0, 0.1) is 0 Å². The third-order valence-electron chi connectivity index (χ3n) is 3.42. The van der Waals surface area contributed by atoms with Crippen molar-refractivity contribution in [2.45, 2.75) is 12.8 Å². The van der Waals surface area contributed by atoms with Crippen LogP contribution in [0.3, 0.4) is 0 Å². The van der Waals surface area contributed by atoms with Crippen molar-refractivity contribution >= 4 is 28.7 Å². The van der Waals surface area contributed by atoms with Gasteiger partial charge in [0, 0.05) is 18.4 Å². The molecule has 0 amide bonds. The van der Waals surface area contributed by atoms with E-state index in [1.54, 1.807) is 6.20 Å². The van der Waals surface area contributed by atoms with E-state index in [9.17, 15) is 0 Å². The van der Waals surface area contributed by atoms with Crippen molar-refractivity contribution in [1.29, 1.82) is 0 Å². The molecule has 0 saturated carbocycles. The number of nitrogens with zero attached hydrogens (tertiary/aromatic N) is 2. The first-order valence-corrected chi connectivity index (χ1v) is 6.78. The van der Waals surface area contributed by atoms with E-state index in [0.29, 0.717) is 4.99 Å². The van der Waals surface area contributed by atoms with E-state index in [1.165, 1.54) is 11.3 Å². The fourth-order valence-corrected chi connectivity index (χ4v) is 2.72. The highest BCUT2D eigenvalue weighted by Crippen LogP contribution is 2.33. The van der Waals surface area contributed by atoms with E-state index in [1.807, 2.05) is 12.1 Å². The Morgan fingerprint density at radius 1 is 1.21 bits per heavy atom. The zero-order chi connectivity index (χ0) is 13.2. The van der Waals surface area contributed by atoms with Gasteiger partial charge in [-0.15, -0.1) is 0 Å². The van der Waals surface area contributed by atoms with Gasteiger partial charge in [-0.05, 0) is 36.6 Å². The van der Waals surface area contributed by atoms with Crippen molar-refractivity contribution in [3.05, 3.63) is 53.7 Å². The van der Waals surface area contributed by atoms with E-state index in [4.69, 9.17) is 18.0 Å². The van der Waals surface area contributed by atoms with Crippen LogP contribution in [0.2, 0.25) is 0 Å². The van der Waals surface area contributed by atoms with Crippen LogP contribution in [-0.4, -0.2) is 16.5 Å². The van der Waals surface area contributed by atoms with Gasteiger partial charge in [0.1, 0.15) is 10.8 Å². The fraction of sp³-hybridized carbons (Fsp3) is 0.200. The topological polar surface area (TPSA) is 42.1 Å². The van der Waals surface area contributed by atoms with Gasteiger partial charge >= 0.3 is 0 Å². The largest absolute Gasteiger partial charge is 0.389 e. The Morgan fingerprint density at radius 3 is 2.89 bits per heavy atom. The zero-order valence-electron chi connectivity index (χ0n) is 10.5. The Balaban J connectivity index is 2.12. The molecule has 0 bridgehead atoms. The minimum Gasteiger partial charge on any atom is -0.389 e. The van der Waals surface area contributed by atoms with Crippen molar-refractivity contribution in [2.24, 2.45) is 5.73 Å². The average molecular weight is 269 g/mol. The van der Waals surface area contributed by atoms with Gasteiger partial charge in [-0.1, -0.05) is 30.4 Å². The Hall–Kier alpha value is -1.94. The van der Waals surface area contributed by atoms with Crippen LogP contribution in [0.5, 0.6) is 0 Å². The summed E-state index contributed by atoms with van der Waals surface area (Å²) in [6.07, 6.45) is 4.01. The van der Waals surface area contributed by atoms with E-state index in [-0.39, 0.29) is 0 Å². The molecule has 0 fully saturated rings. The van der Waals surface area contributed by atoms with Crippen molar-refractivity contribution < 1.29 is 0 Å². The summed E-state index contributed by atoms with van der Waals surface area (Å²) in [5, 5.41) is 0. The molecule has 1 aromatic heterocycles. The minimum absolute atomic E-state index is 0.395. The molecule has 2 N–H and O–H groups in total. The summed E-state index contributed by atoms with van der Waals surface area (Å²) in [5.41, 5.74) is 9.22. The lowest BCUT2D eigenvalue weighted by atomic mass is 10.0. The SMILES string of the molecule is NC(=S)c1cccnc1N1CCCc2ccccc21. The molecule has 96 valence electrons. The molecule has 0 atom stereocenters. The summed E-state index contributed by atoms with van der Waals surface area (Å²) < 4.78 is 0. The maximum absolute atomic E-state index is 5.81. The van der Waals surface area contributed by atoms with Crippen molar-refractivity contribution in [3.8, 4) is 0 Å². The molecule has 2 aromatic rings. The lowest BCUT2D eigenvalue weighted by Gasteiger charge is -2.31. The maximum atomic E-state index is 5.81. The molecular weight excluding hydrogens is 254 g/mol. The lowest BCUT2D eigenvalue weighted by Crippen LogP contribution is -2.27. The molecule has 0 aliphatic carbocycles. The molecule has 0 spiro atoms. The standard InChI is InChI=1S/C15H15N3S/c16-14(19)12-7-3-9-17-15(12)18-10-4-6-11-5-1-2-8-13(11)18/h1-3,5,7-9H,4,6,10H2,(H2,16,19). The Bertz CT molecular complexity index is 624. The highest BCUT2D eigenvalue weighted by atomic mass is 32.1. The highest BCUT2D eigenvalue weighted by Gasteiger charge is 2.21. The summed E-state index contributed by atoms with van der Waals surface area (Å²) in [4.78, 5) is 7.09. The van der Waals surface area contributed by atoms with E-state index < -0.39 is 0 Å². The first-order chi connectivity index (χ1) is 9.27. The predicted octanol–water partition coefficient (Wildman–Crippen LogP) is 2.80. The van der Waals surface area contributed by atoms with Crippen LogP contribution in [0.1, 0.15) is 17.5 Å². The normalized spacial score (nSPS) is 14.0. The number of rotatable bonds is 2. The molecule has 3 nitrogen and oxygen atoms in total. The number of benzene rings is 1.